The van der Waals surface area contributed by atoms with E-state index in [2.05, 4.69) is 9.97 Å². The highest BCUT2D eigenvalue weighted by atomic mass is 32.1. The zero-order valence-electron chi connectivity index (χ0n) is 15.0. The normalized spacial score (nSPS) is 11.2. The van der Waals surface area contributed by atoms with E-state index in [9.17, 15) is 22.8 Å². The van der Waals surface area contributed by atoms with Crippen LogP contribution in [0.25, 0.3) is 0 Å². The molecule has 0 aliphatic heterocycles. The van der Waals surface area contributed by atoms with Crippen LogP contribution in [-0.2, 0) is 22.3 Å². The van der Waals surface area contributed by atoms with E-state index in [-0.39, 0.29) is 23.1 Å². The predicted molar refractivity (Wildman–Crippen MR) is 99.7 cm³/mol. The van der Waals surface area contributed by atoms with Crippen molar-refractivity contribution in [2.24, 2.45) is 0 Å². The molecule has 0 N–H and O–H groups in total. The summed E-state index contributed by atoms with van der Waals surface area (Å²) in [5.74, 6) is -1.14. The molecule has 0 saturated carbocycles. The van der Waals surface area contributed by atoms with Crippen molar-refractivity contribution in [3.05, 3.63) is 71.0 Å². The minimum atomic E-state index is -4.54. The van der Waals surface area contributed by atoms with Crippen molar-refractivity contribution in [3.63, 3.8) is 0 Å². The van der Waals surface area contributed by atoms with E-state index in [1.54, 1.807) is 17.5 Å². The van der Waals surface area contributed by atoms with E-state index in [1.807, 2.05) is 0 Å². The fourth-order valence-corrected chi connectivity index (χ4v) is 3.28. The molecule has 150 valence electrons. The van der Waals surface area contributed by atoms with Crippen molar-refractivity contribution in [2.45, 2.75) is 19.7 Å². The topological polar surface area (TPSA) is 72.4 Å². The lowest BCUT2D eigenvalue weighted by atomic mass is 10.2. The molecule has 0 spiro atoms. The van der Waals surface area contributed by atoms with Gasteiger partial charge >= 0.3 is 12.1 Å². The van der Waals surface area contributed by atoms with Crippen molar-refractivity contribution < 1.29 is 27.5 Å². The van der Waals surface area contributed by atoms with Gasteiger partial charge in [0, 0.05) is 18.5 Å². The maximum atomic E-state index is 13.0. The first-order chi connectivity index (χ1) is 13.8. The Morgan fingerprint density at radius 1 is 1.17 bits per heavy atom. The number of halogens is 3. The number of esters is 1. The number of hydrogen-bond acceptors (Lipinski definition) is 6. The highest BCUT2D eigenvalue weighted by Gasteiger charge is 2.31. The molecule has 0 atom stereocenters. The van der Waals surface area contributed by atoms with Gasteiger partial charge in [-0.2, -0.15) is 13.2 Å². The minimum absolute atomic E-state index is 0.0405. The maximum Gasteiger partial charge on any atom is 0.416 e. The summed E-state index contributed by atoms with van der Waals surface area (Å²) < 4.78 is 44.1. The average molecular weight is 421 g/mol. The van der Waals surface area contributed by atoms with Crippen molar-refractivity contribution in [1.82, 2.24) is 9.97 Å². The third kappa shape index (κ3) is 4.96. The first kappa shape index (κ1) is 20.5. The minimum Gasteiger partial charge on any atom is -0.454 e. The van der Waals surface area contributed by atoms with Crippen LogP contribution in [0, 0.1) is 0 Å². The van der Waals surface area contributed by atoms with Crippen LogP contribution in [0.4, 0.5) is 24.0 Å². The standard InChI is InChI=1S/C19H14F3N3O3S/c1-12(26)25(15-6-4-5-13(9-15)19(20,21)22)18-24-14(11-29-18)10-28-17(27)16-7-2-3-8-23-16/h2-9,11H,10H2,1H3. The monoisotopic (exact) mass is 421 g/mol. The molecule has 0 aliphatic carbocycles. The number of rotatable bonds is 5. The Morgan fingerprint density at radius 3 is 2.62 bits per heavy atom. The number of amides is 1. The number of anilines is 2. The molecule has 3 aromatic rings. The Balaban J connectivity index is 1.78. The summed E-state index contributed by atoms with van der Waals surface area (Å²) >= 11 is 1.05. The first-order valence-electron chi connectivity index (χ1n) is 8.26. The number of ether oxygens (including phenoxy) is 1. The number of benzene rings is 1. The summed E-state index contributed by atoms with van der Waals surface area (Å²) in [5.41, 5.74) is -0.342. The lowest BCUT2D eigenvalue weighted by Crippen LogP contribution is -2.23. The van der Waals surface area contributed by atoms with Gasteiger partial charge < -0.3 is 4.74 Å². The molecule has 0 bridgehead atoms. The largest absolute Gasteiger partial charge is 0.454 e. The predicted octanol–water partition coefficient (Wildman–Crippen LogP) is 4.60. The van der Waals surface area contributed by atoms with Crippen LogP contribution in [0.15, 0.2) is 54.0 Å². The zero-order chi connectivity index (χ0) is 21.0. The molecule has 1 amide bonds. The van der Waals surface area contributed by atoms with E-state index < -0.39 is 23.6 Å². The molecule has 0 unspecified atom stereocenters. The number of carbonyl (C=O) groups excluding carboxylic acids is 2. The van der Waals surface area contributed by atoms with Crippen molar-refractivity contribution in [2.75, 3.05) is 4.90 Å². The van der Waals surface area contributed by atoms with Crippen LogP contribution >= 0.6 is 11.3 Å². The van der Waals surface area contributed by atoms with Gasteiger partial charge in [-0.15, -0.1) is 11.3 Å². The molecule has 2 heterocycles. The average Bonchev–Trinajstić information content (AvgIpc) is 3.14. The van der Waals surface area contributed by atoms with E-state index in [4.69, 9.17) is 4.74 Å². The molecular formula is C19H14F3N3O3S. The molecule has 29 heavy (non-hydrogen) atoms. The number of alkyl halides is 3. The molecular weight excluding hydrogens is 407 g/mol. The molecule has 0 fully saturated rings. The fourth-order valence-electron chi connectivity index (χ4n) is 2.41. The number of aromatic nitrogens is 2. The second-order valence-corrected chi connectivity index (χ2v) is 6.65. The quantitative estimate of drug-likeness (QED) is 0.563. The molecule has 0 saturated heterocycles. The van der Waals surface area contributed by atoms with Gasteiger partial charge in [-0.1, -0.05) is 12.1 Å². The molecule has 0 radical (unpaired) electrons. The lowest BCUT2D eigenvalue weighted by molar-refractivity contribution is -0.137. The number of hydrogen-bond donors (Lipinski definition) is 0. The van der Waals surface area contributed by atoms with Gasteiger partial charge in [0.05, 0.1) is 16.9 Å². The Kier molecular flexibility index (Phi) is 5.92. The van der Waals surface area contributed by atoms with Gasteiger partial charge in [0.15, 0.2) is 5.13 Å². The van der Waals surface area contributed by atoms with Gasteiger partial charge in [-0.3, -0.25) is 9.69 Å². The Hall–Kier alpha value is -3.27. The van der Waals surface area contributed by atoms with Crippen molar-refractivity contribution >= 4 is 34.0 Å². The Bertz CT molecular complexity index is 1020. The van der Waals surface area contributed by atoms with E-state index in [0.717, 1.165) is 28.4 Å². The highest BCUT2D eigenvalue weighted by Crippen LogP contribution is 2.35. The van der Waals surface area contributed by atoms with Crippen LogP contribution < -0.4 is 4.90 Å². The molecule has 0 aliphatic rings. The highest BCUT2D eigenvalue weighted by molar-refractivity contribution is 7.14. The molecule has 2 aromatic heterocycles. The SMILES string of the molecule is CC(=O)N(c1cccc(C(F)(F)F)c1)c1nc(COC(=O)c2ccccn2)cs1. The molecule has 3 rings (SSSR count). The van der Waals surface area contributed by atoms with Crippen LogP contribution in [0.5, 0.6) is 0 Å². The summed E-state index contributed by atoms with van der Waals surface area (Å²) in [7, 11) is 0. The number of carbonyl (C=O) groups is 2. The van der Waals surface area contributed by atoms with Gasteiger partial charge in [-0.25, -0.2) is 14.8 Å². The van der Waals surface area contributed by atoms with Gasteiger partial charge in [0.25, 0.3) is 0 Å². The summed E-state index contributed by atoms with van der Waals surface area (Å²) in [6.45, 7) is 1.06. The van der Waals surface area contributed by atoms with E-state index in [1.165, 1.54) is 31.3 Å². The zero-order valence-corrected chi connectivity index (χ0v) is 15.8. The van der Waals surface area contributed by atoms with Gasteiger partial charge in [-0.05, 0) is 30.3 Å². The van der Waals surface area contributed by atoms with Gasteiger partial charge in [0.1, 0.15) is 12.3 Å². The fraction of sp³-hybridized carbons (Fsp3) is 0.158. The second kappa shape index (κ2) is 8.39. The lowest BCUT2D eigenvalue weighted by Gasteiger charge is -2.19. The molecule has 1 aromatic carbocycles. The summed E-state index contributed by atoms with van der Waals surface area (Å²) in [5, 5.41) is 1.73. The third-order valence-electron chi connectivity index (χ3n) is 3.70. The smallest absolute Gasteiger partial charge is 0.416 e. The molecule has 6 nitrogen and oxygen atoms in total. The first-order valence-corrected chi connectivity index (χ1v) is 9.14. The van der Waals surface area contributed by atoms with Crippen LogP contribution in [0.3, 0.4) is 0 Å². The van der Waals surface area contributed by atoms with Crippen LogP contribution in [0.2, 0.25) is 0 Å². The second-order valence-electron chi connectivity index (χ2n) is 5.82. The summed E-state index contributed by atoms with van der Waals surface area (Å²) in [6, 6.07) is 9.21. The number of nitrogens with zero attached hydrogens (tertiary/aromatic N) is 3. The maximum absolute atomic E-state index is 13.0. The summed E-state index contributed by atoms with van der Waals surface area (Å²) in [6.07, 6.45) is -3.08. The van der Waals surface area contributed by atoms with Crippen molar-refractivity contribution in [1.29, 1.82) is 0 Å². The third-order valence-corrected chi connectivity index (χ3v) is 4.58. The van der Waals surface area contributed by atoms with Crippen LogP contribution in [0.1, 0.15) is 28.7 Å². The van der Waals surface area contributed by atoms with Gasteiger partial charge in [0.2, 0.25) is 5.91 Å². The van der Waals surface area contributed by atoms with Crippen LogP contribution in [-0.4, -0.2) is 21.8 Å². The molecule has 10 heteroatoms. The van der Waals surface area contributed by atoms with E-state index >= 15 is 0 Å². The number of pyridine rings is 1. The van der Waals surface area contributed by atoms with E-state index in [0.29, 0.717) is 5.69 Å². The number of thiazole rings is 1. The van der Waals surface area contributed by atoms with Crippen molar-refractivity contribution in [3.8, 4) is 0 Å². The summed E-state index contributed by atoms with van der Waals surface area (Å²) in [4.78, 5) is 33.2. The Morgan fingerprint density at radius 2 is 1.97 bits per heavy atom. The Labute approximate surface area is 167 Å².